The first-order chi connectivity index (χ1) is 19.4. The number of furan rings is 1. The van der Waals surface area contributed by atoms with Crippen LogP contribution in [-0.2, 0) is 22.7 Å². The zero-order valence-electron chi connectivity index (χ0n) is 22.1. The van der Waals surface area contributed by atoms with Crippen molar-refractivity contribution in [1.29, 1.82) is 0 Å². The number of methoxy groups -OCH3 is 3. The Morgan fingerprint density at radius 1 is 0.950 bits per heavy atom. The number of imide groups is 1. The highest BCUT2D eigenvalue weighted by Crippen LogP contribution is 2.40. The summed E-state index contributed by atoms with van der Waals surface area (Å²) >= 11 is 0. The normalized spacial score (nSPS) is 14.0. The number of carbonyl (C=O) groups excluding carboxylic acids is 3. The van der Waals surface area contributed by atoms with E-state index in [1.54, 1.807) is 12.1 Å². The van der Waals surface area contributed by atoms with Crippen LogP contribution in [0.3, 0.4) is 0 Å². The van der Waals surface area contributed by atoms with Crippen molar-refractivity contribution >= 4 is 34.8 Å². The van der Waals surface area contributed by atoms with Crippen LogP contribution in [-0.4, -0.2) is 44.1 Å². The predicted molar refractivity (Wildman–Crippen MR) is 145 cm³/mol. The molecular formula is C30H26N2O8. The maximum absolute atomic E-state index is 13.0. The Morgan fingerprint density at radius 2 is 1.68 bits per heavy atom. The molecule has 1 aromatic heterocycles. The van der Waals surface area contributed by atoms with Gasteiger partial charge in [0.05, 0.1) is 27.9 Å². The monoisotopic (exact) mass is 542 g/mol. The highest BCUT2D eigenvalue weighted by Gasteiger charge is 2.34. The third-order valence-corrected chi connectivity index (χ3v) is 6.37. The molecule has 0 unspecified atom stereocenters. The third-order valence-electron chi connectivity index (χ3n) is 6.37. The Bertz CT molecular complexity index is 1610. The molecule has 0 saturated carbocycles. The van der Waals surface area contributed by atoms with Crippen LogP contribution in [0.4, 0.5) is 4.79 Å². The van der Waals surface area contributed by atoms with Crippen molar-refractivity contribution in [2.24, 2.45) is 0 Å². The molecule has 1 N–H and O–H groups in total. The number of nitrogens with zero attached hydrogens (tertiary/aromatic N) is 1. The zero-order chi connectivity index (χ0) is 28.2. The molecule has 0 spiro atoms. The van der Waals surface area contributed by atoms with Gasteiger partial charge >= 0.3 is 12.0 Å². The highest BCUT2D eigenvalue weighted by atomic mass is 16.5. The van der Waals surface area contributed by atoms with Gasteiger partial charge < -0.3 is 28.7 Å². The van der Waals surface area contributed by atoms with Gasteiger partial charge in [-0.2, -0.15) is 0 Å². The van der Waals surface area contributed by atoms with Gasteiger partial charge in [-0.25, -0.2) is 9.59 Å². The van der Waals surface area contributed by atoms with Gasteiger partial charge in [-0.05, 0) is 52.2 Å². The van der Waals surface area contributed by atoms with E-state index in [9.17, 15) is 14.4 Å². The summed E-state index contributed by atoms with van der Waals surface area (Å²) in [5.74, 6) is 0.204. The van der Waals surface area contributed by atoms with Gasteiger partial charge in [0.1, 0.15) is 18.1 Å². The molecule has 1 fully saturated rings. The van der Waals surface area contributed by atoms with E-state index in [0.717, 1.165) is 21.2 Å². The summed E-state index contributed by atoms with van der Waals surface area (Å²) in [6.07, 6.45) is 1.52. The van der Waals surface area contributed by atoms with Crippen LogP contribution in [0.1, 0.15) is 27.4 Å². The average Bonchev–Trinajstić information content (AvgIpc) is 3.55. The fraction of sp³-hybridized carbons (Fsp3) is 0.167. The number of carbonyl (C=O) groups is 3. The lowest BCUT2D eigenvalue weighted by Crippen LogP contribution is -2.30. The summed E-state index contributed by atoms with van der Waals surface area (Å²) in [6, 6.07) is 19.7. The second-order valence-corrected chi connectivity index (χ2v) is 8.82. The molecule has 3 aromatic carbocycles. The summed E-state index contributed by atoms with van der Waals surface area (Å²) in [4.78, 5) is 38.2. The number of benzene rings is 3. The van der Waals surface area contributed by atoms with Crippen LogP contribution >= 0.6 is 0 Å². The highest BCUT2D eigenvalue weighted by molar-refractivity contribution is 6.13. The minimum absolute atomic E-state index is 0.0257. The summed E-state index contributed by atoms with van der Waals surface area (Å²) < 4.78 is 27.3. The van der Waals surface area contributed by atoms with E-state index in [4.69, 9.17) is 18.6 Å². The van der Waals surface area contributed by atoms with Crippen LogP contribution in [0.15, 0.2) is 76.8 Å². The number of urea groups is 1. The standard InChI is InChI=1S/C30H26N2O8/c1-36-25-14-18(13-23-28(33)32(30(35)31-23)16-21-11-12-24(40-21)29(34)38-3)15-26(37-2)27(25)39-17-20-9-6-8-19-7-4-5-10-22(19)20/h4-15H,16-17H2,1-3H3,(H,31,35)/b23-13-. The number of fused-ring (bicyclic) bond motifs is 1. The molecule has 204 valence electrons. The molecule has 0 bridgehead atoms. The second-order valence-electron chi connectivity index (χ2n) is 8.82. The minimum atomic E-state index is -0.656. The second kappa shape index (κ2) is 11.2. The van der Waals surface area contributed by atoms with Gasteiger partial charge in [0.15, 0.2) is 11.5 Å². The number of ether oxygens (including phenoxy) is 4. The van der Waals surface area contributed by atoms with Crippen molar-refractivity contribution in [3.63, 3.8) is 0 Å². The summed E-state index contributed by atoms with van der Waals surface area (Å²) in [5.41, 5.74) is 1.60. The van der Waals surface area contributed by atoms with E-state index >= 15 is 0 Å². The molecular weight excluding hydrogens is 516 g/mol. The first-order valence-electron chi connectivity index (χ1n) is 12.3. The van der Waals surface area contributed by atoms with Crippen molar-refractivity contribution in [3.8, 4) is 17.2 Å². The summed E-state index contributed by atoms with van der Waals surface area (Å²) in [7, 11) is 4.24. The Hall–Kier alpha value is -5.25. The maximum Gasteiger partial charge on any atom is 0.373 e. The number of rotatable bonds is 9. The van der Waals surface area contributed by atoms with Gasteiger partial charge in [0.25, 0.3) is 5.91 Å². The average molecular weight is 543 g/mol. The molecule has 1 aliphatic heterocycles. The SMILES string of the molecule is COC(=O)c1ccc(CN2C(=O)N/C(=C\c3cc(OC)c(OCc4cccc5ccccc45)c(OC)c3)C2=O)o1. The van der Waals surface area contributed by atoms with Crippen LogP contribution in [0, 0.1) is 0 Å². The Balaban J connectivity index is 1.36. The van der Waals surface area contributed by atoms with E-state index < -0.39 is 17.9 Å². The fourth-order valence-corrected chi connectivity index (χ4v) is 4.40. The lowest BCUT2D eigenvalue weighted by molar-refractivity contribution is -0.123. The zero-order valence-corrected chi connectivity index (χ0v) is 22.1. The van der Waals surface area contributed by atoms with E-state index in [1.807, 2.05) is 42.5 Å². The van der Waals surface area contributed by atoms with Crippen LogP contribution in [0.5, 0.6) is 17.2 Å². The molecule has 10 nitrogen and oxygen atoms in total. The Kier molecular flexibility index (Phi) is 7.41. The molecule has 10 heteroatoms. The lowest BCUT2D eigenvalue weighted by atomic mass is 10.1. The molecule has 1 saturated heterocycles. The number of esters is 1. The van der Waals surface area contributed by atoms with E-state index in [2.05, 4.69) is 10.1 Å². The predicted octanol–water partition coefficient (Wildman–Crippen LogP) is 4.91. The fourth-order valence-electron chi connectivity index (χ4n) is 4.40. The van der Waals surface area contributed by atoms with Crippen LogP contribution in [0.2, 0.25) is 0 Å². The van der Waals surface area contributed by atoms with Gasteiger partial charge in [0.2, 0.25) is 11.5 Å². The lowest BCUT2D eigenvalue weighted by Gasteiger charge is -2.16. The quantitative estimate of drug-likeness (QED) is 0.180. The van der Waals surface area contributed by atoms with E-state index in [1.165, 1.54) is 39.5 Å². The van der Waals surface area contributed by atoms with Crippen molar-refractivity contribution < 1.29 is 37.7 Å². The third kappa shape index (κ3) is 5.19. The Morgan fingerprint density at radius 3 is 2.40 bits per heavy atom. The first kappa shape index (κ1) is 26.4. The van der Waals surface area contributed by atoms with E-state index in [0.29, 0.717) is 22.8 Å². The topological polar surface area (TPSA) is 117 Å². The molecule has 4 aromatic rings. The van der Waals surface area contributed by atoms with Gasteiger partial charge in [-0.3, -0.25) is 9.69 Å². The maximum atomic E-state index is 13.0. The van der Waals surface area contributed by atoms with Crippen molar-refractivity contribution in [1.82, 2.24) is 10.2 Å². The van der Waals surface area contributed by atoms with Crippen LogP contribution in [0.25, 0.3) is 16.8 Å². The Labute approximate surface area is 229 Å². The summed E-state index contributed by atoms with van der Waals surface area (Å²) in [5, 5.41) is 4.76. The molecule has 0 radical (unpaired) electrons. The number of nitrogens with one attached hydrogen (secondary N) is 1. The van der Waals surface area contributed by atoms with Crippen molar-refractivity contribution in [3.05, 3.63) is 95.1 Å². The van der Waals surface area contributed by atoms with Gasteiger partial charge in [-0.15, -0.1) is 0 Å². The van der Waals surface area contributed by atoms with Gasteiger partial charge in [0, 0.05) is 0 Å². The van der Waals surface area contributed by atoms with Gasteiger partial charge in [-0.1, -0.05) is 42.5 Å². The molecule has 2 heterocycles. The smallest absolute Gasteiger partial charge is 0.373 e. The molecule has 40 heavy (non-hydrogen) atoms. The molecule has 5 rings (SSSR count). The summed E-state index contributed by atoms with van der Waals surface area (Å²) in [6.45, 7) is 0.120. The number of hydrogen-bond acceptors (Lipinski definition) is 8. The van der Waals surface area contributed by atoms with E-state index in [-0.39, 0.29) is 30.4 Å². The first-order valence-corrected chi connectivity index (χ1v) is 12.3. The molecule has 0 atom stereocenters. The largest absolute Gasteiger partial charge is 0.493 e. The number of hydrogen-bond donors (Lipinski definition) is 1. The van der Waals surface area contributed by atoms with Crippen molar-refractivity contribution in [2.75, 3.05) is 21.3 Å². The minimum Gasteiger partial charge on any atom is -0.493 e. The van der Waals surface area contributed by atoms with Crippen molar-refractivity contribution in [2.45, 2.75) is 13.2 Å². The molecule has 1 aliphatic rings. The number of amides is 3. The molecule has 3 amide bonds. The molecule has 0 aliphatic carbocycles. The van der Waals surface area contributed by atoms with Crippen LogP contribution < -0.4 is 19.5 Å².